The summed E-state index contributed by atoms with van der Waals surface area (Å²) in [7, 11) is -2.87. The first-order valence-corrected chi connectivity index (χ1v) is 11.1. The zero-order valence-electron chi connectivity index (χ0n) is 14.5. The first kappa shape index (κ1) is 17.8. The highest BCUT2D eigenvalue weighted by Gasteiger charge is 2.34. The summed E-state index contributed by atoms with van der Waals surface area (Å²) in [6, 6.07) is 7.78. The number of nitrogens with zero attached hydrogens (tertiary/aromatic N) is 3. The van der Waals surface area contributed by atoms with Gasteiger partial charge in [-0.3, -0.25) is 9.69 Å². The lowest BCUT2D eigenvalue weighted by Gasteiger charge is -2.37. The molecule has 0 spiro atoms. The van der Waals surface area contributed by atoms with E-state index in [1.807, 2.05) is 39.9 Å². The van der Waals surface area contributed by atoms with Crippen LogP contribution in [0.25, 0.3) is 10.9 Å². The van der Waals surface area contributed by atoms with E-state index >= 15 is 0 Å². The van der Waals surface area contributed by atoms with E-state index in [9.17, 15) is 13.2 Å². The van der Waals surface area contributed by atoms with Gasteiger partial charge in [0.15, 0.2) is 9.84 Å². The van der Waals surface area contributed by atoms with Crippen molar-refractivity contribution >= 4 is 38.2 Å². The van der Waals surface area contributed by atoms with Crippen LogP contribution in [0.1, 0.15) is 6.42 Å². The van der Waals surface area contributed by atoms with Crippen LogP contribution in [0, 0.1) is 0 Å². The Morgan fingerprint density at radius 3 is 2.62 bits per heavy atom. The summed E-state index contributed by atoms with van der Waals surface area (Å²) in [4.78, 5) is 16.8. The van der Waals surface area contributed by atoms with Gasteiger partial charge in [-0.2, -0.15) is 0 Å². The highest BCUT2D eigenvalue weighted by molar-refractivity contribution is 7.91. The minimum absolute atomic E-state index is 0.0844. The van der Waals surface area contributed by atoms with E-state index in [2.05, 4.69) is 4.90 Å². The van der Waals surface area contributed by atoms with Crippen molar-refractivity contribution in [3.63, 3.8) is 0 Å². The topological polar surface area (TPSA) is 62.6 Å². The van der Waals surface area contributed by atoms with Crippen molar-refractivity contribution in [1.82, 2.24) is 14.4 Å². The van der Waals surface area contributed by atoms with Crippen LogP contribution in [-0.4, -0.2) is 72.4 Å². The zero-order chi connectivity index (χ0) is 18.3. The third-order valence-electron chi connectivity index (χ3n) is 5.43. The van der Waals surface area contributed by atoms with Gasteiger partial charge in [0, 0.05) is 49.0 Å². The number of fused-ring (bicyclic) bond motifs is 1. The molecule has 3 heterocycles. The number of amides is 1. The van der Waals surface area contributed by atoms with Crippen LogP contribution in [0.3, 0.4) is 0 Å². The molecule has 0 N–H and O–H groups in total. The molecule has 1 aromatic heterocycles. The molecule has 4 rings (SSSR count). The fourth-order valence-corrected chi connectivity index (χ4v) is 5.87. The van der Waals surface area contributed by atoms with E-state index < -0.39 is 9.84 Å². The van der Waals surface area contributed by atoms with Gasteiger partial charge in [0.25, 0.3) is 0 Å². The van der Waals surface area contributed by atoms with Gasteiger partial charge >= 0.3 is 0 Å². The van der Waals surface area contributed by atoms with Gasteiger partial charge in [0.05, 0.1) is 11.5 Å². The number of halogens is 1. The Hall–Kier alpha value is -1.57. The fourth-order valence-electron chi connectivity index (χ4n) is 3.94. The van der Waals surface area contributed by atoms with E-state index in [1.54, 1.807) is 0 Å². The Balaban J connectivity index is 1.37. The number of carbonyl (C=O) groups excluding carboxylic acids is 1. The molecular weight excluding hydrogens is 374 g/mol. The van der Waals surface area contributed by atoms with Gasteiger partial charge in [0.1, 0.15) is 6.54 Å². The Morgan fingerprint density at radius 2 is 1.92 bits per heavy atom. The quantitative estimate of drug-likeness (QED) is 0.792. The third kappa shape index (κ3) is 3.61. The van der Waals surface area contributed by atoms with E-state index in [-0.39, 0.29) is 17.7 Å². The minimum atomic E-state index is -2.87. The van der Waals surface area contributed by atoms with Crippen molar-refractivity contribution in [2.24, 2.45) is 0 Å². The molecule has 8 heteroatoms. The van der Waals surface area contributed by atoms with Gasteiger partial charge in [-0.15, -0.1) is 0 Å². The van der Waals surface area contributed by atoms with Crippen molar-refractivity contribution in [1.29, 1.82) is 0 Å². The number of carbonyl (C=O) groups is 1. The lowest BCUT2D eigenvalue weighted by atomic mass is 10.2. The average molecular weight is 396 g/mol. The Bertz CT molecular complexity index is 932. The minimum Gasteiger partial charge on any atom is -0.339 e. The number of aromatic nitrogens is 1. The van der Waals surface area contributed by atoms with Crippen LogP contribution < -0.4 is 0 Å². The molecule has 6 nitrogen and oxygen atoms in total. The van der Waals surface area contributed by atoms with Crippen LogP contribution in [-0.2, 0) is 21.2 Å². The number of benzene rings is 1. The molecule has 0 bridgehead atoms. The molecule has 1 aromatic carbocycles. The largest absolute Gasteiger partial charge is 0.339 e. The summed E-state index contributed by atoms with van der Waals surface area (Å²) in [5.74, 6) is 0.637. The van der Waals surface area contributed by atoms with Gasteiger partial charge < -0.3 is 9.47 Å². The van der Waals surface area contributed by atoms with Gasteiger partial charge in [-0.1, -0.05) is 17.7 Å². The lowest BCUT2D eigenvalue weighted by molar-refractivity contribution is -0.133. The second-order valence-corrected chi connectivity index (χ2v) is 9.79. The number of hydrogen-bond acceptors (Lipinski definition) is 4. The number of rotatable bonds is 3. The van der Waals surface area contributed by atoms with Crippen LogP contribution >= 0.6 is 11.6 Å². The Morgan fingerprint density at radius 1 is 1.15 bits per heavy atom. The van der Waals surface area contributed by atoms with Crippen LogP contribution in [0.4, 0.5) is 0 Å². The molecule has 0 radical (unpaired) electrons. The maximum Gasteiger partial charge on any atom is 0.242 e. The highest BCUT2D eigenvalue weighted by Crippen LogP contribution is 2.22. The summed E-state index contributed by atoms with van der Waals surface area (Å²) in [5, 5.41) is 1.72. The standard InChI is InChI=1S/C18H22ClN3O3S/c19-15-2-1-14-3-5-22(17(14)11-15)12-18(23)21-8-6-20(7-9-21)16-4-10-26(24,25)13-16/h1-3,5,11,16H,4,6-10,12-13H2/t16-/m0/s1. The number of piperazine rings is 1. The predicted molar refractivity (Wildman–Crippen MR) is 102 cm³/mol. The van der Waals surface area contributed by atoms with E-state index in [4.69, 9.17) is 11.6 Å². The lowest BCUT2D eigenvalue weighted by Crippen LogP contribution is -2.52. The van der Waals surface area contributed by atoms with Crippen molar-refractivity contribution in [2.45, 2.75) is 19.0 Å². The molecule has 2 aromatic rings. The number of hydrogen-bond donors (Lipinski definition) is 0. The second kappa shape index (κ2) is 6.87. The molecule has 2 saturated heterocycles. The molecule has 2 fully saturated rings. The first-order valence-electron chi connectivity index (χ1n) is 8.88. The maximum absolute atomic E-state index is 12.7. The smallest absolute Gasteiger partial charge is 0.242 e. The number of sulfone groups is 1. The zero-order valence-corrected chi connectivity index (χ0v) is 16.0. The Labute approximate surface area is 158 Å². The molecule has 26 heavy (non-hydrogen) atoms. The summed E-state index contributed by atoms with van der Waals surface area (Å²) in [6.45, 7) is 3.07. The molecule has 1 atom stereocenters. The third-order valence-corrected chi connectivity index (χ3v) is 7.42. The van der Waals surface area contributed by atoms with Crippen molar-refractivity contribution in [2.75, 3.05) is 37.7 Å². The molecule has 1 amide bonds. The molecule has 2 aliphatic heterocycles. The molecular formula is C18H22ClN3O3S. The molecule has 140 valence electrons. The fraction of sp³-hybridized carbons (Fsp3) is 0.500. The summed E-state index contributed by atoms with van der Waals surface area (Å²) in [6.07, 6.45) is 2.63. The van der Waals surface area contributed by atoms with E-state index in [0.29, 0.717) is 36.8 Å². The maximum atomic E-state index is 12.7. The molecule has 0 unspecified atom stereocenters. The second-order valence-electron chi connectivity index (χ2n) is 7.12. The van der Waals surface area contributed by atoms with Gasteiger partial charge in [-0.05, 0) is 30.0 Å². The average Bonchev–Trinajstić information content (AvgIpc) is 3.18. The molecule has 0 aliphatic carbocycles. The van der Waals surface area contributed by atoms with E-state index in [0.717, 1.165) is 24.0 Å². The van der Waals surface area contributed by atoms with Crippen molar-refractivity contribution in [3.8, 4) is 0 Å². The normalized spacial score (nSPS) is 23.6. The van der Waals surface area contributed by atoms with Crippen molar-refractivity contribution in [3.05, 3.63) is 35.5 Å². The van der Waals surface area contributed by atoms with Gasteiger partial charge in [-0.25, -0.2) is 8.42 Å². The van der Waals surface area contributed by atoms with Crippen molar-refractivity contribution < 1.29 is 13.2 Å². The van der Waals surface area contributed by atoms with Crippen LogP contribution in [0.2, 0.25) is 5.02 Å². The molecule has 0 saturated carbocycles. The van der Waals surface area contributed by atoms with Crippen LogP contribution in [0.15, 0.2) is 30.5 Å². The van der Waals surface area contributed by atoms with E-state index in [1.165, 1.54) is 0 Å². The summed E-state index contributed by atoms with van der Waals surface area (Å²) in [5.41, 5.74) is 0.959. The van der Waals surface area contributed by atoms with Crippen LogP contribution in [0.5, 0.6) is 0 Å². The SMILES string of the molecule is O=C(Cn1ccc2ccc(Cl)cc21)N1CCN([C@H]2CCS(=O)(=O)C2)CC1. The predicted octanol–water partition coefficient (Wildman–Crippen LogP) is 1.63. The summed E-state index contributed by atoms with van der Waals surface area (Å²) >= 11 is 6.07. The molecule has 2 aliphatic rings. The monoisotopic (exact) mass is 395 g/mol. The summed E-state index contributed by atoms with van der Waals surface area (Å²) < 4.78 is 25.3. The Kier molecular flexibility index (Phi) is 4.71. The first-order chi connectivity index (χ1) is 12.4. The highest BCUT2D eigenvalue weighted by atomic mass is 35.5. The van der Waals surface area contributed by atoms with Gasteiger partial charge in [0.2, 0.25) is 5.91 Å².